The molecule has 1 aliphatic heterocycles. The molecular formula is C18H26BrNO. The largest absolute Gasteiger partial charge is 0.303 e. The number of halogens is 1. The van der Waals surface area contributed by atoms with Gasteiger partial charge in [0, 0.05) is 23.0 Å². The highest BCUT2D eigenvalue weighted by Gasteiger charge is 2.19. The molecule has 2 rings (SSSR count). The number of rotatable bonds is 5. The molecule has 1 atom stereocenters. The van der Waals surface area contributed by atoms with Gasteiger partial charge in [-0.15, -0.1) is 0 Å². The number of ketones is 1. The molecule has 0 aromatic heterocycles. The Morgan fingerprint density at radius 3 is 2.62 bits per heavy atom. The van der Waals surface area contributed by atoms with Gasteiger partial charge in [-0.2, -0.15) is 0 Å². The highest BCUT2D eigenvalue weighted by Crippen LogP contribution is 2.24. The first-order valence-electron chi connectivity index (χ1n) is 8.07. The fraction of sp³-hybridized carbons (Fsp3) is 0.611. The molecule has 0 amide bonds. The molecule has 116 valence electrons. The zero-order valence-electron chi connectivity index (χ0n) is 13.1. The second-order valence-electron chi connectivity index (χ2n) is 6.46. The lowest BCUT2D eigenvalue weighted by Gasteiger charge is -2.21. The van der Waals surface area contributed by atoms with Crippen molar-refractivity contribution in [3.8, 4) is 0 Å². The molecule has 1 unspecified atom stereocenters. The summed E-state index contributed by atoms with van der Waals surface area (Å²) in [7, 11) is 0. The van der Waals surface area contributed by atoms with E-state index in [0.29, 0.717) is 6.42 Å². The molecule has 1 aromatic rings. The summed E-state index contributed by atoms with van der Waals surface area (Å²) < 4.78 is 1.02. The lowest BCUT2D eigenvalue weighted by molar-refractivity contribution is 0.0964. The second-order valence-corrected chi connectivity index (χ2v) is 7.37. The predicted molar refractivity (Wildman–Crippen MR) is 91.7 cm³/mol. The number of likely N-dealkylation sites (tertiary alicyclic amines) is 1. The number of carbonyl (C=O) groups excluding carboxylic acids is 1. The number of nitrogens with zero attached hydrogens (tertiary/aromatic N) is 1. The van der Waals surface area contributed by atoms with Crippen molar-refractivity contribution >= 4 is 21.7 Å². The molecule has 21 heavy (non-hydrogen) atoms. The van der Waals surface area contributed by atoms with Gasteiger partial charge in [0.15, 0.2) is 5.78 Å². The number of carbonyl (C=O) groups is 1. The van der Waals surface area contributed by atoms with Crippen LogP contribution in [-0.2, 0) is 0 Å². The minimum absolute atomic E-state index is 0.257. The minimum Gasteiger partial charge on any atom is -0.303 e. The maximum Gasteiger partial charge on any atom is 0.164 e. The van der Waals surface area contributed by atoms with Crippen molar-refractivity contribution in [2.45, 2.75) is 39.5 Å². The van der Waals surface area contributed by atoms with Crippen molar-refractivity contribution in [3.63, 3.8) is 0 Å². The molecule has 1 fully saturated rings. The van der Waals surface area contributed by atoms with Gasteiger partial charge in [-0.3, -0.25) is 4.79 Å². The molecule has 0 N–H and O–H groups in total. The third kappa shape index (κ3) is 5.23. The quantitative estimate of drug-likeness (QED) is 0.711. The minimum atomic E-state index is 0.257. The van der Waals surface area contributed by atoms with Gasteiger partial charge in [0.25, 0.3) is 0 Å². The number of benzene rings is 1. The molecule has 2 nitrogen and oxygen atoms in total. The van der Waals surface area contributed by atoms with E-state index >= 15 is 0 Å². The molecule has 0 aliphatic carbocycles. The van der Waals surface area contributed by atoms with E-state index < -0.39 is 0 Å². The van der Waals surface area contributed by atoms with E-state index in [4.69, 9.17) is 0 Å². The van der Waals surface area contributed by atoms with E-state index in [0.717, 1.165) is 41.5 Å². The van der Waals surface area contributed by atoms with Gasteiger partial charge in [-0.25, -0.2) is 0 Å². The molecule has 0 spiro atoms. The van der Waals surface area contributed by atoms with Gasteiger partial charge in [0.2, 0.25) is 0 Å². The van der Waals surface area contributed by atoms with E-state index in [-0.39, 0.29) is 5.78 Å². The Morgan fingerprint density at radius 1 is 1.24 bits per heavy atom. The molecule has 3 heteroatoms. The monoisotopic (exact) mass is 351 g/mol. The Bertz CT molecular complexity index is 455. The third-order valence-electron chi connectivity index (χ3n) is 4.63. The van der Waals surface area contributed by atoms with Crippen molar-refractivity contribution in [1.82, 2.24) is 4.90 Å². The predicted octanol–water partition coefficient (Wildman–Crippen LogP) is 4.78. The van der Waals surface area contributed by atoms with Crippen LogP contribution in [0.1, 0.15) is 49.9 Å². The molecule has 0 bridgehead atoms. The van der Waals surface area contributed by atoms with Crippen molar-refractivity contribution < 1.29 is 4.79 Å². The summed E-state index contributed by atoms with van der Waals surface area (Å²) in [6, 6.07) is 7.69. The lowest BCUT2D eigenvalue weighted by atomic mass is 9.89. The summed E-state index contributed by atoms with van der Waals surface area (Å²) in [6.45, 7) is 7.86. The van der Waals surface area contributed by atoms with Crippen LogP contribution >= 0.6 is 15.9 Å². The average molecular weight is 352 g/mol. The summed E-state index contributed by atoms with van der Waals surface area (Å²) in [6.07, 6.45) is 4.53. The van der Waals surface area contributed by atoms with Crippen LogP contribution < -0.4 is 0 Å². The maximum absolute atomic E-state index is 12.2. The van der Waals surface area contributed by atoms with Gasteiger partial charge in [-0.05, 0) is 56.3 Å². The Hall–Kier alpha value is -0.670. The summed E-state index contributed by atoms with van der Waals surface area (Å²) in [4.78, 5) is 14.7. The van der Waals surface area contributed by atoms with Gasteiger partial charge in [-0.1, -0.05) is 41.9 Å². The fourth-order valence-corrected chi connectivity index (χ4v) is 3.38. The van der Waals surface area contributed by atoms with E-state index in [9.17, 15) is 4.79 Å². The normalized spacial score (nSPS) is 20.5. The summed E-state index contributed by atoms with van der Waals surface area (Å²) in [5.74, 6) is 1.90. The average Bonchev–Trinajstić information content (AvgIpc) is 2.71. The maximum atomic E-state index is 12.2. The Labute approximate surface area is 137 Å². The third-order valence-corrected chi connectivity index (χ3v) is 5.16. The zero-order chi connectivity index (χ0) is 15.2. The van der Waals surface area contributed by atoms with Gasteiger partial charge < -0.3 is 4.90 Å². The van der Waals surface area contributed by atoms with Crippen LogP contribution in [0.2, 0.25) is 0 Å². The molecular weight excluding hydrogens is 326 g/mol. The van der Waals surface area contributed by atoms with Crippen molar-refractivity contribution in [2.24, 2.45) is 11.8 Å². The van der Waals surface area contributed by atoms with E-state index in [1.807, 2.05) is 24.3 Å². The lowest BCUT2D eigenvalue weighted by Crippen LogP contribution is -2.27. The van der Waals surface area contributed by atoms with Gasteiger partial charge >= 0.3 is 0 Å². The first-order chi connectivity index (χ1) is 10.1. The molecule has 0 saturated carbocycles. The van der Waals surface area contributed by atoms with E-state index in [2.05, 4.69) is 34.7 Å². The topological polar surface area (TPSA) is 20.3 Å². The smallest absolute Gasteiger partial charge is 0.164 e. The van der Waals surface area contributed by atoms with Crippen LogP contribution in [0.3, 0.4) is 0 Å². The zero-order valence-corrected chi connectivity index (χ0v) is 14.7. The van der Waals surface area contributed by atoms with Crippen LogP contribution in [0, 0.1) is 11.8 Å². The van der Waals surface area contributed by atoms with Crippen LogP contribution in [0.4, 0.5) is 0 Å². The molecule has 1 aromatic carbocycles. The van der Waals surface area contributed by atoms with Crippen LogP contribution in [0.25, 0.3) is 0 Å². The molecule has 1 heterocycles. The second kappa shape index (κ2) is 8.09. The summed E-state index contributed by atoms with van der Waals surface area (Å²) >= 11 is 3.40. The van der Waals surface area contributed by atoms with E-state index in [1.54, 1.807) is 0 Å². The van der Waals surface area contributed by atoms with Crippen molar-refractivity contribution in [2.75, 3.05) is 19.6 Å². The summed E-state index contributed by atoms with van der Waals surface area (Å²) in [5, 5.41) is 0. The molecule has 0 radical (unpaired) electrons. The molecule has 1 saturated heterocycles. The van der Waals surface area contributed by atoms with Crippen LogP contribution in [0.5, 0.6) is 0 Å². The van der Waals surface area contributed by atoms with Gasteiger partial charge in [0.05, 0.1) is 0 Å². The summed E-state index contributed by atoms with van der Waals surface area (Å²) in [5.41, 5.74) is 0.827. The standard InChI is InChI=1S/C18H26BrNO/c1-14(2)15-4-3-11-20(12-9-15)13-10-18(21)16-5-7-17(19)8-6-16/h5-8,14-15H,3-4,9-13H2,1-2H3. The molecule has 1 aliphatic rings. The Balaban J connectivity index is 1.80. The first-order valence-corrected chi connectivity index (χ1v) is 8.86. The van der Waals surface area contributed by atoms with E-state index in [1.165, 1.54) is 19.3 Å². The van der Waals surface area contributed by atoms with Crippen molar-refractivity contribution in [3.05, 3.63) is 34.3 Å². The van der Waals surface area contributed by atoms with Crippen molar-refractivity contribution in [1.29, 1.82) is 0 Å². The number of Topliss-reactive ketones (excluding diaryl/α,β-unsaturated/α-hetero) is 1. The Morgan fingerprint density at radius 2 is 1.95 bits per heavy atom. The SMILES string of the molecule is CC(C)C1CCCN(CCC(=O)c2ccc(Br)cc2)CC1. The van der Waals surface area contributed by atoms with Crippen LogP contribution in [0.15, 0.2) is 28.7 Å². The first kappa shape index (κ1) is 16.7. The highest BCUT2D eigenvalue weighted by atomic mass is 79.9. The fourth-order valence-electron chi connectivity index (χ4n) is 3.11. The van der Waals surface area contributed by atoms with Gasteiger partial charge in [0.1, 0.15) is 0 Å². The van der Waals surface area contributed by atoms with Crippen LogP contribution in [-0.4, -0.2) is 30.3 Å². The highest BCUT2D eigenvalue weighted by molar-refractivity contribution is 9.10. The Kier molecular flexibility index (Phi) is 6.43. The number of hydrogen-bond acceptors (Lipinski definition) is 2. The number of hydrogen-bond donors (Lipinski definition) is 0.